The smallest absolute Gasteiger partial charge is 0.270 e. The zero-order valence-electron chi connectivity index (χ0n) is 25.0. The number of carbonyl (C=O) groups is 2. The molecule has 0 aliphatic rings. The first kappa shape index (κ1) is 32.8. The number of carbonyl (C=O) groups excluding carboxylic acids is 2. The maximum Gasteiger partial charge on any atom is 0.270 e. The van der Waals surface area contributed by atoms with Crippen molar-refractivity contribution in [2.75, 3.05) is 19.7 Å². The van der Waals surface area contributed by atoms with Gasteiger partial charge >= 0.3 is 0 Å². The maximum atomic E-state index is 14.0. The van der Waals surface area contributed by atoms with E-state index in [1.54, 1.807) is 17.9 Å². The second-order valence-electron chi connectivity index (χ2n) is 10.6. The van der Waals surface area contributed by atoms with Crippen LogP contribution in [0.25, 0.3) is 0 Å². The first-order chi connectivity index (χ1) is 20.1. The number of hydrogen-bond donors (Lipinski definition) is 2. The van der Waals surface area contributed by atoms with Gasteiger partial charge in [-0.1, -0.05) is 45.0 Å². The highest BCUT2D eigenvalue weighted by molar-refractivity contribution is 5.98. The van der Waals surface area contributed by atoms with Crippen LogP contribution in [0.4, 0.5) is 8.78 Å². The molecule has 0 saturated heterocycles. The van der Waals surface area contributed by atoms with E-state index in [2.05, 4.69) is 23.3 Å². The molecule has 9 heteroatoms. The largest absolute Gasteiger partial charge is 0.375 e. The molecule has 226 valence electrons. The molecule has 42 heavy (non-hydrogen) atoms. The number of nitrogens with zero attached hydrogens (tertiary/aromatic N) is 2. The predicted molar refractivity (Wildman–Crippen MR) is 160 cm³/mol. The van der Waals surface area contributed by atoms with Crippen molar-refractivity contribution < 1.29 is 23.1 Å². The van der Waals surface area contributed by atoms with Gasteiger partial charge in [0.15, 0.2) is 0 Å². The van der Waals surface area contributed by atoms with Crippen LogP contribution in [0.2, 0.25) is 0 Å². The number of pyridine rings is 1. The number of nitrogens with one attached hydrogen (secondary N) is 1. The van der Waals surface area contributed by atoms with Crippen LogP contribution in [-0.2, 0) is 24.2 Å². The Bertz CT molecular complexity index is 1320. The summed E-state index contributed by atoms with van der Waals surface area (Å²) in [4.78, 5) is 32.8. The number of aryl methyl sites for hydroxylation is 2. The molecule has 2 aromatic carbocycles. The van der Waals surface area contributed by atoms with E-state index < -0.39 is 29.6 Å². The summed E-state index contributed by atoms with van der Waals surface area (Å²) >= 11 is 0. The van der Waals surface area contributed by atoms with Gasteiger partial charge in [-0.25, -0.2) is 13.8 Å². The van der Waals surface area contributed by atoms with Crippen LogP contribution in [-0.4, -0.2) is 53.5 Å². The standard InChI is InChI=1S/C33H42F2N4O3/c1-5-11-39(12-6-2)33(41)26-13-22(4)37-31(18-26)32(40)38-30(17-25-15-27(34)19-28(35)16-25)29(36)21-42-20-24-10-8-9-23(7-3)14-24/h8-10,13-16,18-19,29-30H,5-7,11-12,17,20-21,36H2,1-4H3,(H,38,40)/t29?,30-/m0/s1. The molecular formula is C33H42F2N4O3. The van der Waals surface area contributed by atoms with E-state index in [1.807, 2.05) is 32.0 Å². The van der Waals surface area contributed by atoms with Crippen LogP contribution < -0.4 is 11.1 Å². The van der Waals surface area contributed by atoms with E-state index in [1.165, 1.54) is 23.8 Å². The number of amides is 2. The monoisotopic (exact) mass is 580 g/mol. The van der Waals surface area contributed by atoms with Crippen molar-refractivity contribution in [1.29, 1.82) is 0 Å². The molecule has 0 fully saturated rings. The van der Waals surface area contributed by atoms with Gasteiger partial charge in [0.1, 0.15) is 17.3 Å². The zero-order valence-corrected chi connectivity index (χ0v) is 25.0. The third-order valence-corrected chi connectivity index (χ3v) is 6.90. The fraction of sp³-hybridized carbons (Fsp3) is 0.424. The Labute approximate surface area is 247 Å². The van der Waals surface area contributed by atoms with Crippen LogP contribution in [0.15, 0.2) is 54.6 Å². The topological polar surface area (TPSA) is 97.6 Å². The number of halogens is 2. The molecule has 0 radical (unpaired) electrons. The third kappa shape index (κ3) is 9.70. The summed E-state index contributed by atoms with van der Waals surface area (Å²) in [5.74, 6) is -2.15. The molecule has 1 heterocycles. The molecule has 0 spiro atoms. The molecule has 0 saturated carbocycles. The second-order valence-corrected chi connectivity index (χ2v) is 10.6. The molecule has 3 rings (SSSR count). The van der Waals surface area contributed by atoms with Crippen molar-refractivity contribution in [2.24, 2.45) is 5.73 Å². The van der Waals surface area contributed by atoms with Crippen LogP contribution in [0, 0.1) is 18.6 Å². The first-order valence-electron chi connectivity index (χ1n) is 14.6. The Kier molecular flexibility index (Phi) is 12.6. The van der Waals surface area contributed by atoms with Crippen molar-refractivity contribution in [3.8, 4) is 0 Å². The number of nitrogens with two attached hydrogens (primary N) is 1. The Morgan fingerprint density at radius 3 is 2.26 bits per heavy atom. The third-order valence-electron chi connectivity index (χ3n) is 6.90. The van der Waals surface area contributed by atoms with Gasteiger partial charge in [-0.05, 0) is 73.6 Å². The Hall–Kier alpha value is -3.69. The lowest BCUT2D eigenvalue weighted by atomic mass is 9.99. The quantitative estimate of drug-likeness (QED) is 0.252. The number of benzene rings is 2. The molecule has 1 aromatic heterocycles. The molecule has 0 bridgehead atoms. The van der Waals surface area contributed by atoms with Crippen molar-refractivity contribution in [2.45, 2.75) is 72.1 Å². The van der Waals surface area contributed by atoms with Crippen molar-refractivity contribution in [3.05, 3.63) is 99.9 Å². The van der Waals surface area contributed by atoms with Gasteiger partial charge < -0.3 is 20.7 Å². The van der Waals surface area contributed by atoms with E-state index in [-0.39, 0.29) is 24.6 Å². The lowest BCUT2D eigenvalue weighted by molar-refractivity contribution is 0.0755. The molecule has 2 amide bonds. The lowest BCUT2D eigenvalue weighted by Crippen LogP contribution is -2.51. The molecule has 2 atom stereocenters. The summed E-state index contributed by atoms with van der Waals surface area (Å²) in [6.07, 6.45) is 2.60. The van der Waals surface area contributed by atoms with E-state index in [9.17, 15) is 18.4 Å². The molecule has 3 N–H and O–H groups in total. The average molecular weight is 581 g/mol. The summed E-state index contributed by atoms with van der Waals surface area (Å²) in [6, 6.07) is 13.0. The van der Waals surface area contributed by atoms with Gasteiger partial charge in [0.25, 0.3) is 11.8 Å². The fourth-order valence-corrected chi connectivity index (χ4v) is 4.85. The van der Waals surface area contributed by atoms with Crippen molar-refractivity contribution >= 4 is 11.8 Å². The minimum Gasteiger partial charge on any atom is -0.375 e. The van der Waals surface area contributed by atoms with Gasteiger partial charge in [0.2, 0.25) is 0 Å². The number of rotatable bonds is 15. The lowest BCUT2D eigenvalue weighted by Gasteiger charge is -2.26. The number of aromatic nitrogens is 1. The molecule has 1 unspecified atom stereocenters. The molecule has 0 aliphatic carbocycles. The van der Waals surface area contributed by atoms with Crippen LogP contribution in [0.1, 0.15) is 76.8 Å². The minimum absolute atomic E-state index is 0.0613. The summed E-state index contributed by atoms with van der Waals surface area (Å²) < 4.78 is 33.8. The number of hydrogen-bond acceptors (Lipinski definition) is 5. The highest BCUT2D eigenvalue weighted by Crippen LogP contribution is 2.15. The minimum atomic E-state index is -0.737. The molecule has 7 nitrogen and oxygen atoms in total. The van der Waals surface area contributed by atoms with Gasteiger partial charge in [0.05, 0.1) is 19.3 Å². The maximum absolute atomic E-state index is 14.0. The van der Waals surface area contributed by atoms with Crippen LogP contribution in [0.5, 0.6) is 0 Å². The van der Waals surface area contributed by atoms with E-state index in [4.69, 9.17) is 10.5 Å². The van der Waals surface area contributed by atoms with Gasteiger partial charge in [-0.2, -0.15) is 0 Å². The second kappa shape index (κ2) is 16.1. The number of ether oxygens (including phenoxy) is 1. The van der Waals surface area contributed by atoms with Crippen LogP contribution >= 0.6 is 0 Å². The van der Waals surface area contributed by atoms with Crippen molar-refractivity contribution in [3.63, 3.8) is 0 Å². The van der Waals surface area contributed by atoms with Gasteiger partial charge in [0, 0.05) is 36.5 Å². The Morgan fingerprint density at radius 1 is 0.952 bits per heavy atom. The van der Waals surface area contributed by atoms with E-state index >= 15 is 0 Å². The predicted octanol–water partition coefficient (Wildman–Crippen LogP) is 5.38. The Morgan fingerprint density at radius 2 is 1.62 bits per heavy atom. The average Bonchev–Trinajstić information content (AvgIpc) is 2.95. The SMILES string of the molecule is CCCN(CCC)C(=O)c1cc(C)nc(C(=O)N[C@@H](Cc2cc(F)cc(F)c2)C(N)COCc2cccc(CC)c2)c1. The highest BCUT2D eigenvalue weighted by atomic mass is 19.1. The summed E-state index contributed by atoms with van der Waals surface area (Å²) in [5.41, 5.74) is 9.97. The Balaban J connectivity index is 1.80. The highest BCUT2D eigenvalue weighted by Gasteiger charge is 2.24. The fourth-order valence-electron chi connectivity index (χ4n) is 4.85. The normalized spacial score (nSPS) is 12.5. The van der Waals surface area contributed by atoms with Crippen molar-refractivity contribution in [1.82, 2.24) is 15.2 Å². The van der Waals surface area contributed by atoms with Crippen LogP contribution in [0.3, 0.4) is 0 Å². The summed E-state index contributed by atoms with van der Waals surface area (Å²) in [6.45, 7) is 9.45. The summed E-state index contributed by atoms with van der Waals surface area (Å²) in [5, 5.41) is 2.88. The molecular weight excluding hydrogens is 538 g/mol. The van der Waals surface area contributed by atoms with E-state index in [0.717, 1.165) is 30.9 Å². The zero-order chi connectivity index (χ0) is 30.6. The van der Waals surface area contributed by atoms with Gasteiger partial charge in [-0.15, -0.1) is 0 Å². The first-order valence-corrected chi connectivity index (χ1v) is 14.6. The summed E-state index contributed by atoms with van der Waals surface area (Å²) in [7, 11) is 0. The van der Waals surface area contributed by atoms with Gasteiger partial charge in [-0.3, -0.25) is 9.59 Å². The molecule has 0 aliphatic heterocycles. The molecule has 3 aromatic rings. The van der Waals surface area contributed by atoms with E-state index in [0.29, 0.717) is 36.5 Å².